The van der Waals surface area contributed by atoms with Crippen LogP contribution in [0.5, 0.6) is 0 Å². The Bertz CT molecular complexity index is 294. The van der Waals surface area contributed by atoms with Gasteiger partial charge >= 0.3 is 0 Å². The Morgan fingerprint density at radius 1 is 1.58 bits per heavy atom. The topological polar surface area (TPSA) is 25.8 Å². The number of rotatable bonds is 1. The van der Waals surface area contributed by atoms with Crippen molar-refractivity contribution in [2.75, 3.05) is 0 Å². The van der Waals surface area contributed by atoms with E-state index < -0.39 is 0 Å². The number of hydrogen-bond acceptors (Lipinski definition) is 2. The zero-order chi connectivity index (χ0) is 8.55. The van der Waals surface area contributed by atoms with E-state index >= 15 is 0 Å². The van der Waals surface area contributed by atoms with E-state index in [1.54, 1.807) is 0 Å². The molecule has 1 aliphatic rings. The molecule has 2 rings (SSSR count). The van der Waals surface area contributed by atoms with Crippen LogP contribution in [-0.2, 0) is 6.42 Å². The van der Waals surface area contributed by atoms with E-state index in [4.69, 9.17) is 0 Å². The fraction of sp³-hybridized carbons (Fsp3) is 0.600. The highest BCUT2D eigenvalue weighted by molar-refractivity contribution is 5.27. The molecule has 0 saturated carbocycles. The molecular weight excluding hydrogens is 148 g/mol. The Hall–Kier alpha value is -0.920. The monoisotopic (exact) mass is 162 g/mol. The molecule has 1 aromatic rings. The number of aryl methyl sites for hydroxylation is 2. The van der Waals surface area contributed by atoms with E-state index in [1.165, 1.54) is 24.1 Å². The first-order valence-corrected chi connectivity index (χ1v) is 4.63. The van der Waals surface area contributed by atoms with E-state index in [1.807, 2.05) is 13.1 Å². The summed E-state index contributed by atoms with van der Waals surface area (Å²) in [5.74, 6) is 1.63. The number of aromatic nitrogens is 2. The maximum atomic E-state index is 4.44. The molecule has 0 fully saturated rings. The van der Waals surface area contributed by atoms with Gasteiger partial charge in [-0.1, -0.05) is 6.92 Å². The van der Waals surface area contributed by atoms with Crippen molar-refractivity contribution >= 4 is 0 Å². The van der Waals surface area contributed by atoms with Gasteiger partial charge in [0.15, 0.2) is 0 Å². The summed E-state index contributed by atoms with van der Waals surface area (Å²) < 4.78 is 0. The minimum atomic E-state index is 0.723. The first-order valence-electron chi connectivity index (χ1n) is 4.63. The molecule has 0 radical (unpaired) electrons. The highest BCUT2D eigenvalue weighted by atomic mass is 14.9. The van der Waals surface area contributed by atoms with Crippen LogP contribution < -0.4 is 0 Å². The van der Waals surface area contributed by atoms with Crippen molar-refractivity contribution in [2.24, 2.45) is 0 Å². The second-order valence-corrected chi connectivity index (χ2v) is 3.46. The fourth-order valence-electron chi connectivity index (χ4n) is 1.96. The second kappa shape index (κ2) is 2.85. The quantitative estimate of drug-likeness (QED) is 0.632. The van der Waals surface area contributed by atoms with E-state index in [0.717, 1.165) is 18.2 Å². The summed E-state index contributed by atoms with van der Waals surface area (Å²) in [6.45, 7) is 4.19. The highest BCUT2D eigenvalue weighted by Gasteiger charge is 2.22. The SMILES string of the molecule is CCC1CCc2nc(C)ncc21. The molecule has 0 spiro atoms. The number of fused-ring (bicyclic) bond motifs is 1. The number of hydrogen-bond donors (Lipinski definition) is 0. The molecule has 0 N–H and O–H groups in total. The summed E-state index contributed by atoms with van der Waals surface area (Å²) >= 11 is 0. The lowest BCUT2D eigenvalue weighted by atomic mass is 10.0. The molecule has 2 heteroatoms. The first kappa shape index (κ1) is 7.71. The average Bonchev–Trinajstić information content (AvgIpc) is 2.46. The van der Waals surface area contributed by atoms with E-state index in [-0.39, 0.29) is 0 Å². The van der Waals surface area contributed by atoms with Gasteiger partial charge in [0.25, 0.3) is 0 Å². The molecule has 0 aliphatic heterocycles. The third-order valence-corrected chi connectivity index (χ3v) is 2.68. The molecule has 2 nitrogen and oxygen atoms in total. The summed E-state index contributed by atoms with van der Waals surface area (Å²) in [6.07, 6.45) is 5.65. The average molecular weight is 162 g/mol. The molecule has 0 amide bonds. The van der Waals surface area contributed by atoms with E-state index in [9.17, 15) is 0 Å². The lowest BCUT2D eigenvalue weighted by Crippen LogP contribution is -1.96. The van der Waals surface area contributed by atoms with Gasteiger partial charge in [0.05, 0.1) is 0 Å². The molecule has 0 aromatic carbocycles. The lowest BCUT2D eigenvalue weighted by Gasteiger charge is -2.06. The van der Waals surface area contributed by atoms with Gasteiger partial charge in [-0.3, -0.25) is 0 Å². The minimum absolute atomic E-state index is 0.723. The van der Waals surface area contributed by atoms with Crippen LogP contribution >= 0.6 is 0 Å². The van der Waals surface area contributed by atoms with Gasteiger partial charge in [0.2, 0.25) is 0 Å². The van der Waals surface area contributed by atoms with Crippen LogP contribution in [0.1, 0.15) is 42.8 Å². The van der Waals surface area contributed by atoms with Crippen molar-refractivity contribution in [3.8, 4) is 0 Å². The molecule has 12 heavy (non-hydrogen) atoms. The third-order valence-electron chi connectivity index (χ3n) is 2.68. The molecule has 1 aliphatic carbocycles. The van der Waals surface area contributed by atoms with Crippen LogP contribution in [0.15, 0.2) is 6.20 Å². The molecule has 1 unspecified atom stereocenters. The molecule has 1 atom stereocenters. The van der Waals surface area contributed by atoms with Gasteiger partial charge < -0.3 is 0 Å². The van der Waals surface area contributed by atoms with Crippen molar-refractivity contribution in [1.29, 1.82) is 0 Å². The van der Waals surface area contributed by atoms with Gasteiger partial charge in [-0.2, -0.15) is 0 Å². The van der Waals surface area contributed by atoms with Crippen LogP contribution in [0.3, 0.4) is 0 Å². The largest absolute Gasteiger partial charge is 0.241 e. The predicted molar refractivity (Wildman–Crippen MR) is 48.1 cm³/mol. The van der Waals surface area contributed by atoms with Crippen molar-refractivity contribution in [3.63, 3.8) is 0 Å². The molecule has 1 aromatic heterocycles. The van der Waals surface area contributed by atoms with Gasteiger partial charge in [0.1, 0.15) is 5.82 Å². The summed E-state index contributed by atoms with van der Waals surface area (Å²) in [7, 11) is 0. The van der Waals surface area contributed by atoms with Crippen molar-refractivity contribution < 1.29 is 0 Å². The Morgan fingerprint density at radius 3 is 3.17 bits per heavy atom. The standard InChI is InChI=1S/C10H14N2/c1-3-8-4-5-10-9(8)6-11-7(2)12-10/h6,8H,3-5H2,1-2H3. The summed E-state index contributed by atoms with van der Waals surface area (Å²) in [6, 6.07) is 0. The third kappa shape index (κ3) is 1.11. The maximum Gasteiger partial charge on any atom is 0.125 e. The maximum absolute atomic E-state index is 4.44. The molecule has 0 saturated heterocycles. The molecule has 1 heterocycles. The second-order valence-electron chi connectivity index (χ2n) is 3.46. The Labute approximate surface area is 73.1 Å². The van der Waals surface area contributed by atoms with Crippen LogP contribution in [0.2, 0.25) is 0 Å². The lowest BCUT2D eigenvalue weighted by molar-refractivity contribution is 0.654. The normalized spacial score (nSPS) is 21.0. The van der Waals surface area contributed by atoms with Crippen molar-refractivity contribution in [2.45, 2.75) is 39.0 Å². The summed E-state index contributed by atoms with van der Waals surface area (Å²) in [5.41, 5.74) is 2.68. The van der Waals surface area contributed by atoms with E-state index in [2.05, 4.69) is 16.9 Å². The zero-order valence-corrected chi connectivity index (χ0v) is 7.67. The number of nitrogens with zero attached hydrogens (tertiary/aromatic N) is 2. The van der Waals surface area contributed by atoms with Gasteiger partial charge in [-0.25, -0.2) is 9.97 Å². The Balaban J connectivity index is 2.40. The van der Waals surface area contributed by atoms with Crippen LogP contribution in [-0.4, -0.2) is 9.97 Å². The van der Waals surface area contributed by atoms with Crippen LogP contribution in [0.4, 0.5) is 0 Å². The Morgan fingerprint density at radius 2 is 2.42 bits per heavy atom. The Kier molecular flexibility index (Phi) is 1.83. The van der Waals surface area contributed by atoms with E-state index in [0.29, 0.717) is 0 Å². The smallest absolute Gasteiger partial charge is 0.125 e. The fourth-order valence-corrected chi connectivity index (χ4v) is 1.96. The highest BCUT2D eigenvalue weighted by Crippen LogP contribution is 2.33. The summed E-state index contributed by atoms with van der Waals surface area (Å²) in [5, 5.41) is 0. The molecule has 0 bridgehead atoms. The van der Waals surface area contributed by atoms with Crippen LogP contribution in [0.25, 0.3) is 0 Å². The van der Waals surface area contributed by atoms with Crippen molar-refractivity contribution in [3.05, 3.63) is 23.3 Å². The zero-order valence-electron chi connectivity index (χ0n) is 7.67. The van der Waals surface area contributed by atoms with Crippen molar-refractivity contribution in [1.82, 2.24) is 9.97 Å². The molecule has 64 valence electrons. The van der Waals surface area contributed by atoms with Gasteiger partial charge in [0, 0.05) is 11.9 Å². The predicted octanol–water partition coefficient (Wildman–Crippen LogP) is 2.22. The van der Waals surface area contributed by atoms with Crippen LogP contribution in [0, 0.1) is 6.92 Å². The summed E-state index contributed by atoms with van der Waals surface area (Å²) in [4.78, 5) is 8.68. The van der Waals surface area contributed by atoms with Gasteiger partial charge in [-0.05, 0) is 37.7 Å². The van der Waals surface area contributed by atoms with Gasteiger partial charge in [-0.15, -0.1) is 0 Å². The first-order chi connectivity index (χ1) is 5.81. The molecular formula is C10H14N2. The minimum Gasteiger partial charge on any atom is -0.241 e.